The number of nitrogens with one attached hydrogen (secondary N) is 1. The molecule has 1 fully saturated rings. The highest BCUT2D eigenvalue weighted by Crippen LogP contribution is 2.42. The molecule has 0 spiro atoms. The van der Waals surface area contributed by atoms with Gasteiger partial charge >= 0.3 is 0 Å². The molecule has 1 aromatic heterocycles. The Balaban J connectivity index is 1.74. The van der Waals surface area contributed by atoms with Crippen molar-refractivity contribution in [3.8, 4) is 6.07 Å². The van der Waals surface area contributed by atoms with E-state index in [1.54, 1.807) is 6.92 Å². The van der Waals surface area contributed by atoms with Gasteiger partial charge in [-0.1, -0.05) is 38.1 Å². The minimum absolute atomic E-state index is 0.158. The number of rotatable bonds is 6. The topological polar surface area (TPSA) is 95.8 Å². The van der Waals surface area contributed by atoms with Crippen LogP contribution in [0.25, 0.3) is 5.57 Å². The second kappa shape index (κ2) is 9.07. The van der Waals surface area contributed by atoms with Gasteiger partial charge in [0.25, 0.3) is 0 Å². The van der Waals surface area contributed by atoms with Gasteiger partial charge in [0.2, 0.25) is 5.78 Å². The van der Waals surface area contributed by atoms with E-state index in [0.717, 1.165) is 36.0 Å². The fourth-order valence-electron chi connectivity index (χ4n) is 4.99. The maximum Gasteiger partial charge on any atom is 0.202 e. The minimum atomic E-state index is -0.535. The largest absolute Gasteiger partial charge is 0.381 e. The van der Waals surface area contributed by atoms with E-state index in [1.807, 2.05) is 18.2 Å². The van der Waals surface area contributed by atoms with E-state index in [9.17, 15) is 9.59 Å². The minimum Gasteiger partial charge on any atom is -0.381 e. The number of carbonyl (C=O) groups is 2. The first-order valence-electron chi connectivity index (χ1n) is 11.6. The Morgan fingerprint density at radius 3 is 2.58 bits per heavy atom. The second-order valence-electron chi connectivity index (χ2n) is 10.1. The lowest BCUT2D eigenvalue weighted by Crippen LogP contribution is -2.40. The monoisotopic (exact) mass is 445 g/mol. The lowest BCUT2D eigenvalue weighted by Gasteiger charge is -2.36. The second-order valence-corrected chi connectivity index (χ2v) is 10.1. The molecule has 0 unspecified atom stereocenters. The Kier molecular flexibility index (Phi) is 6.36. The molecule has 2 aromatic rings. The van der Waals surface area contributed by atoms with Gasteiger partial charge in [0.05, 0.1) is 11.6 Å². The average molecular weight is 446 g/mol. The highest BCUT2D eigenvalue weighted by atomic mass is 16.5. The van der Waals surface area contributed by atoms with Crippen molar-refractivity contribution in [2.24, 2.45) is 5.41 Å². The number of H-pyrrole nitrogens is 1. The molecule has 1 aliphatic heterocycles. The average Bonchev–Trinajstić information content (AvgIpc) is 3.29. The van der Waals surface area contributed by atoms with E-state index in [0.29, 0.717) is 26.1 Å². The summed E-state index contributed by atoms with van der Waals surface area (Å²) in [5.74, 6) is 0.207. The third kappa shape index (κ3) is 4.69. The van der Waals surface area contributed by atoms with Crippen LogP contribution in [-0.2, 0) is 21.4 Å². The molecule has 0 amide bonds. The maximum absolute atomic E-state index is 12.9. The van der Waals surface area contributed by atoms with Crippen LogP contribution in [0, 0.1) is 16.7 Å². The third-order valence-electron chi connectivity index (χ3n) is 7.31. The number of aromatic nitrogens is 2. The first kappa shape index (κ1) is 23.1. The van der Waals surface area contributed by atoms with Crippen LogP contribution in [0.3, 0.4) is 0 Å². The zero-order valence-corrected chi connectivity index (χ0v) is 19.7. The maximum atomic E-state index is 12.9. The molecule has 0 bridgehead atoms. The number of hydrogen-bond donors (Lipinski definition) is 1. The van der Waals surface area contributed by atoms with Crippen LogP contribution >= 0.6 is 0 Å². The molecular formula is C27H31N3O3. The predicted molar refractivity (Wildman–Crippen MR) is 126 cm³/mol. The molecule has 172 valence electrons. The van der Waals surface area contributed by atoms with E-state index in [1.165, 1.54) is 11.8 Å². The van der Waals surface area contributed by atoms with Gasteiger partial charge in [0.1, 0.15) is 17.5 Å². The van der Waals surface area contributed by atoms with Crippen molar-refractivity contribution in [3.63, 3.8) is 0 Å². The molecule has 0 atom stereocenters. The zero-order valence-electron chi connectivity index (χ0n) is 19.7. The van der Waals surface area contributed by atoms with Gasteiger partial charge in [0, 0.05) is 19.6 Å². The highest BCUT2D eigenvalue weighted by molar-refractivity contribution is 5.95. The van der Waals surface area contributed by atoms with Crippen molar-refractivity contribution < 1.29 is 14.3 Å². The number of imidazole rings is 1. The lowest BCUT2D eigenvalue weighted by atomic mass is 9.69. The number of benzene rings is 1. The number of ketones is 2. The van der Waals surface area contributed by atoms with Crippen molar-refractivity contribution in [2.75, 3.05) is 13.2 Å². The SMILES string of the molecule is CC(=O)C1(c2ccc(CC(=O)c3ncc(C#N)[nH]3)c(C3=CCC(C)(C)CC3)c2)CCOCC1. The molecule has 1 saturated heterocycles. The van der Waals surface area contributed by atoms with Crippen molar-refractivity contribution in [1.29, 1.82) is 5.26 Å². The van der Waals surface area contributed by atoms with Gasteiger partial charge in [-0.05, 0) is 66.7 Å². The molecule has 1 N–H and O–H groups in total. The van der Waals surface area contributed by atoms with Crippen LogP contribution in [0.5, 0.6) is 0 Å². The van der Waals surface area contributed by atoms with Crippen LogP contribution in [0.4, 0.5) is 0 Å². The molecule has 2 aliphatic rings. The van der Waals surface area contributed by atoms with Crippen LogP contribution < -0.4 is 0 Å². The van der Waals surface area contributed by atoms with Crippen molar-refractivity contribution in [3.05, 3.63) is 58.7 Å². The van der Waals surface area contributed by atoms with Gasteiger partial charge in [-0.3, -0.25) is 9.59 Å². The Labute approximate surface area is 195 Å². The first-order valence-corrected chi connectivity index (χ1v) is 11.6. The predicted octanol–water partition coefficient (Wildman–Crippen LogP) is 4.94. The standard InChI is InChI=1S/C27H31N3O3/c1-18(31)27(10-12-33-13-11-27)21-5-4-20(14-24(32)25-29-17-22(16-28)30-25)23(15-21)19-6-8-26(2,3)9-7-19/h4-6,15,17H,7-14H2,1-3H3,(H,29,30). The van der Waals surface area contributed by atoms with Gasteiger partial charge in [-0.25, -0.2) is 4.98 Å². The fourth-order valence-corrected chi connectivity index (χ4v) is 4.99. The molecule has 1 aliphatic carbocycles. The van der Waals surface area contributed by atoms with Crippen molar-refractivity contribution in [1.82, 2.24) is 9.97 Å². The number of Topliss-reactive ketones (excluding diaryl/α,β-unsaturated/α-hetero) is 2. The Morgan fingerprint density at radius 1 is 1.21 bits per heavy atom. The summed E-state index contributed by atoms with van der Waals surface area (Å²) in [6.45, 7) is 7.38. The quantitative estimate of drug-likeness (QED) is 0.636. The highest BCUT2D eigenvalue weighted by Gasteiger charge is 2.39. The molecule has 0 radical (unpaired) electrons. The number of hydrogen-bond acceptors (Lipinski definition) is 5. The molecule has 4 rings (SSSR count). The molecule has 0 saturated carbocycles. The molecule has 6 heteroatoms. The zero-order chi connectivity index (χ0) is 23.6. The Morgan fingerprint density at radius 2 is 1.97 bits per heavy atom. The number of carbonyl (C=O) groups excluding carboxylic acids is 2. The normalized spacial score (nSPS) is 19.4. The summed E-state index contributed by atoms with van der Waals surface area (Å²) >= 11 is 0. The molecule has 1 aromatic carbocycles. The number of ether oxygens (including phenoxy) is 1. The Hall–Kier alpha value is -3.04. The van der Waals surface area contributed by atoms with Crippen LogP contribution in [-0.4, -0.2) is 34.7 Å². The van der Waals surface area contributed by atoms with Gasteiger partial charge < -0.3 is 9.72 Å². The van der Waals surface area contributed by atoms with Crippen LogP contribution in [0.2, 0.25) is 0 Å². The van der Waals surface area contributed by atoms with E-state index in [-0.39, 0.29) is 34.9 Å². The van der Waals surface area contributed by atoms with Crippen LogP contribution in [0.15, 0.2) is 30.5 Å². The van der Waals surface area contributed by atoms with Crippen molar-refractivity contribution in [2.45, 2.75) is 64.7 Å². The molecule has 6 nitrogen and oxygen atoms in total. The van der Waals surface area contributed by atoms with Crippen LogP contribution in [0.1, 0.15) is 85.9 Å². The fraction of sp³-hybridized carbons (Fsp3) is 0.481. The lowest BCUT2D eigenvalue weighted by molar-refractivity contribution is -0.126. The first-order chi connectivity index (χ1) is 15.7. The summed E-state index contributed by atoms with van der Waals surface area (Å²) in [4.78, 5) is 32.6. The number of allylic oxidation sites excluding steroid dienone is 2. The van der Waals surface area contributed by atoms with E-state index < -0.39 is 5.41 Å². The third-order valence-corrected chi connectivity index (χ3v) is 7.31. The van der Waals surface area contributed by atoms with E-state index in [2.05, 4.69) is 36.0 Å². The van der Waals surface area contributed by atoms with Gasteiger partial charge in [-0.2, -0.15) is 5.26 Å². The van der Waals surface area contributed by atoms with Crippen molar-refractivity contribution >= 4 is 17.1 Å². The van der Waals surface area contributed by atoms with E-state index >= 15 is 0 Å². The smallest absolute Gasteiger partial charge is 0.202 e. The van der Waals surface area contributed by atoms with E-state index in [4.69, 9.17) is 10.00 Å². The molecule has 2 heterocycles. The summed E-state index contributed by atoms with van der Waals surface area (Å²) < 4.78 is 5.56. The number of aromatic amines is 1. The van der Waals surface area contributed by atoms with Gasteiger partial charge in [0.15, 0.2) is 5.82 Å². The summed E-state index contributed by atoms with van der Waals surface area (Å²) in [5, 5.41) is 9.03. The molecule has 33 heavy (non-hydrogen) atoms. The summed E-state index contributed by atoms with van der Waals surface area (Å²) in [6, 6.07) is 8.12. The molecular weight excluding hydrogens is 414 g/mol. The number of nitriles is 1. The number of nitrogens with zero attached hydrogens (tertiary/aromatic N) is 2. The Bertz CT molecular complexity index is 1140. The summed E-state index contributed by atoms with van der Waals surface area (Å²) in [5.41, 5.74) is 4.23. The summed E-state index contributed by atoms with van der Waals surface area (Å²) in [7, 11) is 0. The summed E-state index contributed by atoms with van der Waals surface area (Å²) in [6.07, 6.45) is 8.20. The van der Waals surface area contributed by atoms with Gasteiger partial charge in [-0.15, -0.1) is 0 Å².